The quantitative estimate of drug-likeness (QED) is 0.265. The lowest BCUT2D eigenvalue weighted by Crippen LogP contribution is -2.24. The fourth-order valence-electron chi connectivity index (χ4n) is 4.50. The van der Waals surface area contributed by atoms with Crippen LogP contribution in [0.15, 0.2) is 62.0 Å². The summed E-state index contributed by atoms with van der Waals surface area (Å²) in [6.07, 6.45) is 7.61. The number of aryl methyl sites for hydroxylation is 3. The molecule has 0 amide bonds. The molecule has 7 nitrogen and oxygen atoms in total. The van der Waals surface area contributed by atoms with E-state index in [0.717, 1.165) is 41.5 Å². The summed E-state index contributed by atoms with van der Waals surface area (Å²) in [5, 5.41) is 1.37. The van der Waals surface area contributed by atoms with Gasteiger partial charge in [0.15, 0.2) is 5.16 Å². The summed E-state index contributed by atoms with van der Waals surface area (Å²) >= 11 is 3.07. The lowest BCUT2D eigenvalue weighted by molar-refractivity contribution is 0.476. The molecule has 0 saturated carbocycles. The Balaban J connectivity index is 1.42. The number of fused-ring (bicyclic) bond motifs is 4. The fourth-order valence-corrected chi connectivity index (χ4v) is 6.69. The van der Waals surface area contributed by atoms with E-state index in [1.165, 1.54) is 22.2 Å². The number of pyridine rings is 1. The van der Waals surface area contributed by atoms with Gasteiger partial charge < -0.3 is 4.42 Å². The number of hydrogen-bond donors (Lipinski definition) is 0. The highest BCUT2D eigenvalue weighted by Gasteiger charge is 2.23. The van der Waals surface area contributed by atoms with Gasteiger partial charge in [0.2, 0.25) is 0 Å². The SMILES string of the molecule is Cc1ccc2nc(CSc3nc4sc5c(c4c(=O)n3Cc3ccco3)CCCC5)cc(=O)n2c1. The van der Waals surface area contributed by atoms with Gasteiger partial charge >= 0.3 is 0 Å². The van der Waals surface area contributed by atoms with Crippen LogP contribution in [0.5, 0.6) is 0 Å². The maximum atomic E-state index is 13.7. The molecule has 5 aromatic rings. The van der Waals surface area contributed by atoms with Crippen molar-refractivity contribution in [2.24, 2.45) is 0 Å². The number of nitrogens with zero attached hydrogens (tertiary/aromatic N) is 4. The minimum Gasteiger partial charge on any atom is -0.467 e. The summed E-state index contributed by atoms with van der Waals surface area (Å²) in [5.41, 5.74) is 3.29. The van der Waals surface area contributed by atoms with Gasteiger partial charge in [0.25, 0.3) is 11.1 Å². The van der Waals surface area contributed by atoms with Crippen LogP contribution in [-0.4, -0.2) is 18.9 Å². The first-order valence-corrected chi connectivity index (χ1v) is 13.1. The molecule has 0 atom stereocenters. The molecule has 0 bridgehead atoms. The molecule has 34 heavy (non-hydrogen) atoms. The zero-order valence-corrected chi connectivity index (χ0v) is 20.2. The van der Waals surface area contributed by atoms with Gasteiger partial charge in [-0.25, -0.2) is 9.97 Å². The van der Waals surface area contributed by atoms with Gasteiger partial charge in [-0.1, -0.05) is 17.8 Å². The highest BCUT2D eigenvalue weighted by molar-refractivity contribution is 7.98. The van der Waals surface area contributed by atoms with Crippen molar-refractivity contribution in [1.29, 1.82) is 0 Å². The molecule has 0 aliphatic heterocycles. The second kappa shape index (κ2) is 8.56. The smallest absolute Gasteiger partial charge is 0.263 e. The van der Waals surface area contributed by atoms with E-state index in [1.807, 2.05) is 31.2 Å². The number of furan rings is 1. The van der Waals surface area contributed by atoms with Crippen molar-refractivity contribution in [3.8, 4) is 0 Å². The molecule has 6 rings (SSSR count). The Morgan fingerprint density at radius 2 is 2.03 bits per heavy atom. The second-order valence-corrected chi connectivity index (χ2v) is 10.6. The van der Waals surface area contributed by atoms with Crippen molar-refractivity contribution in [2.75, 3.05) is 0 Å². The molecule has 0 aromatic carbocycles. The van der Waals surface area contributed by atoms with Crippen LogP contribution in [0.2, 0.25) is 0 Å². The number of thiophene rings is 1. The van der Waals surface area contributed by atoms with E-state index in [-0.39, 0.29) is 11.1 Å². The molecule has 0 spiro atoms. The number of thioether (sulfide) groups is 1. The minimum absolute atomic E-state index is 0.0229. The molecular formula is C25H22N4O3S2. The van der Waals surface area contributed by atoms with Crippen LogP contribution >= 0.6 is 23.1 Å². The van der Waals surface area contributed by atoms with Crippen LogP contribution in [-0.2, 0) is 25.1 Å². The number of aromatic nitrogens is 4. The Morgan fingerprint density at radius 3 is 2.88 bits per heavy atom. The van der Waals surface area contributed by atoms with E-state index >= 15 is 0 Å². The summed E-state index contributed by atoms with van der Waals surface area (Å²) in [6.45, 7) is 2.26. The topological polar surface area (TPSA) is 82.4 Å². The van der Waals surface area contributed by atoms with Crippen LogP contribution in [0.25, 0.3) is 15.9 Å². The third-order valence-electron chi connectivity index (χ3n) is 6.14. The third kappa shape index (κ3) is 3.78. The maximum absolute atomic E-state index is 13.7. The number of hydrogen-bond acceptors (Lipinski definition) is 7. The predicted octanol–water partition coefficient (Wildman–Crippen LogP) is 4.59. The van der Waals surface area contributed by atoms with E-state index in [0.29, 0.717) is 34.6 Å². The van der Waals surface area contributed by atoms with Gasteiger partial charge in [0, 0.05) is 22.9 Å². The first-order chi connectivity index (χ1) is 16.6. The van der Waals surface area contributed by atoms with Crippen LogP contribution in [0, 0.1) is 6.92 Å². The van der Waals surface area contributed by atoms with E-state index in [4.69, 9.17) is 9.40 Å². The average Bonchev–Trinajstić information content (AvgIpc) is 3.48. The van der Waals surface area contributed by atoms with Gasteiger partial charge in [-0.2, -0.15) is 0 Å². The first-order valence-electron chi connectivity index (χ1n) is 11.3. The van der Waals surface area contributed by atoms with E-state index < -0.39 is 0 Å². The Labute approximate surface area is 203 Å². The fraction of sp³-hybridized carbons (Fsp3) is 0.280. The minimum atomic E-state index is -0.119. The van der Waals surface area contributed by atoms with Crippen molar-refractivity contribution in [1.82, 2.24) is 18.9 Å². The highest BCUT2D eigenvalue weighted by Crippen LogP contribution is 2.35. The highest BCUT2D eigenvalue weighted by atomic mass is 32.2. The standard InChI is InChI=1S/C25H22N4O3S2/c1-15-8-9-20-26-16(11-21(30)28(20)12-15)14-33-25-27-23-22(18-6-2-3-7-19(18)34-23)24(31)29(25)13-17-5-4-10-32-17/h4-5,8-12H,2-3,6-7,13-14H2,1H3. The molecule has 5 heterocycles. The molecule has 0 N–H and O–H groups in total. The second-order valence-electron chi connectivity index (χ2n) is 8.57. The summed E-state index contributed by atoms with van der Waals surface area (Å²) in [5.74, 6) is 1.13. The normalized spacial score (nSPS) is 13.6. The molecule has 172 valence electrons. The molecule has 5 aromatic heterocycles. The average molecular weight is 491 g/mol. The van der Waals surface area contributed by atoms with Gasteiger partial charge in [-0.3, -0.25) is 18.6 Å². The lowest BCUT2D eigenvalue weighted by Gasteiger charge is -2.13. The monoisotopic (exact) mass is 490 g/mol. The predicted molar refractivity (Wildman–Crippen MR) is 134 cm³/mol. The molecule has 0 radical (unpaired) electrons. The Hall–Kier alpha value is -3.17. The zero-order chi connectivity index (χ0) is 23.2. The first kappa shape index (κ1) is 21.4. The molecular weight excluding hydrogens is 468 g/mol. The van der Waals surface area contributed by atoms with Crippen molar-refractivity contribution in [3.05, 3.63) is 91.0 Å². The summed E-state index contributed by atoms with van der Waals surface area (Å²) in [4.78, 5) is 38.0. The van der Waals surface area contributed by atoms with Crippen molar-refractivity contribution in [3.63, 3.8) is 0 Å². The molecule has 9 heteroatoms. The Bertz CT molecular complexity index is 1650. The van der Waals surface area contributed by atoms with Gasteiger partial charge in [0.1, 0.15) is 16.2 Å². The van der Waals surface area contributed by atoms with E-state index in [2.05, 4.69) is 4.98 Å². The zero-order valence-electron chi connectivity index (χ0n) is 18.6. The third-order valence-corrected chi connectivity index (χ3v) is 8.34. The van der Waals surface area contributed by atoms with Crippen LogP contribution in [0.3, 0.4) is 0 Å². The van der Waals surface area contributed by atoms with Crippen molar-refractivity contribution in [2.45, 2.75) is 50.1 Å². The molecule has 1 aliphatic carbocycles. The van der Waals surface area contributed by atoms with Crippen LogP contribution in [0.4, 0.5) is 0 Å². The van der Waals surface area contributed by atoms with Crippen molar-refractivity contribution >= 4 is 39.0 Å². The largest absolute Gasteiger partial charge is 0.467 e. The van der Waals surface area contributed by atoms with E-state index in [1.54, 1.807) is 38.8 Å². The Morgan fingerprint density at radius 1 is 1.15 bits per heavy atom. The van der Waals surface area contributed by atoms with Gasteiger partial charge in [0.05, 0.1) is 23.9 Å². The van der Waals surface area contributed by atoms with E-state index in [9.17, 15) is 9.59 Å². The lowest BCUT2D eigenvalue weighted by atomic mass is 9.97. The summed E-state index contributed by atoms with van der Waals surface area (Å²) in [6, 6.07) is 9.02. The molecule has 0 unspecified atom stereocenters. The molecule has 0 fully saturated rings. The molecule has 0 saturated heterocycles. The van der Waals surface area contributed by atoms with Crippen LogP contribution in [0.1, 0.15) is 40.3 Å². The maximum Gasteiger partial charge on any atom is 0.263 e. The van der Waals surface area contributed by atoms with Crippen LogP contribution < -0.4 is 11.1 Å². The summed E-state index contributed by atoms with van der Waals surface area (Å²) < 4.78 is 8.79. The molecule has 1 aliphatic rings. The Kier molecular flexibility index (Phi) is 5.38. The van der Waals surface area contributed by atoms with Gasteiger partial charge in [-0.15, -0.1) is 11.3 Å². The summed E-state index contributed by atoms with van der Waals surface area (Å²) in [7, 11) is 0. The van der Waals surface area contributed by atoms with Gasteiger partial charge in [-0.05, 0) is 61.9 Å². The number of rotatable bonds is 5. The van der Waals surface area contributed by atoms with Crippen molar-refractivity contribution < 1.29 is 4.42 Å².